The largest absolute Gasteiger partial charge is 0.465 e. The predicted molar refractivity (Wildman–Crippen MR) is 52.4 cm³/mol. The van der Waals surface area contributed by atoms with E-state index in [-0.39, 0.29) is 13.2 Å². The van der Waals surface area contributed by atoms with Crippen LogP contribution in [0, 0.1) is 0 Å². The van der Waals surface area contributed by atoms with Crippen molar-refractivity contribution < 1.29 is 19.7 Å². The number of ether oxygens (including phenoxy) is 1. The van der Waals surface area contributed by atoms with E-state index in [1.54, 1.807) is 27.7 Å². The lowest BCUT2D eigenvalue weighted by atomic mass is 10.1. The van der Waals surface area contributed by atoms with Crippen molar-refractivity contribution in [1.82, 2.24) is 5.32 Å². The van der Waals surface area contributed by atoms with E-state index in [1.807, 2.05) is 0 Å². The first-order chi connectivity index (χ1) is 6.12. The third kappa shape index (κ3) is 7.82. The molecule has 0 rings (SSSR count). The number of aliphatic hydroxyl groups is 1. The molecule has 5 nitrogen and oxygen atoms in total. The number of hydrogen-bond acceptors (Lipinski definition) is 3. The minimum absolute atomic E-state index is 0.178. The third-order valence-corrected chi connectivity index (χ3v) is 1.36. The monoisotopic (exact) mass is 205 g/mol. The number of hydrogen-bond donors (Lipinski definition) is 3. The summed E-state index contributed by atoms with van der Waals surface area (Å²) in [6, 6.07) is 0. The van der Waals surface area contributed by atoms with Crippen molar-refractivity contribution >= 4 is 6.09 Å². The van der Waals surface area contributed by atoms with Crippen LogP contribution in [0.2, 0.25) is 0 Å². The molecule has 0 atom stereocenters. The second-order valence-electron chi connectivity index (χ2n) is 4.62. The van der Waals surface area contributed by atoms with E-state index >= 15 is 0 Å². The second-order valence-corrected chi connectivity index (χ2v) is 4.62. The van der Waals surface area contributed by atoms with Gasteiger partial charge in [-0.05, 0) is 27.7 Å². The Morgan fingerprint density at radius 3 is 2.14 bits per heavy atom. The Balaban J connectivity index is 3.82. The maximum absolute atomic E-state index is 10.4. The molecule has 0 aliphatic heterocycles. The molecule has 0 aliphatic rings. The highest BCUT2D eigenvalue weighted by atomic mass is 16.5. The van der Waals surface area contributed by atoms with Gasteiger partial charge in [-0.2, -0.15) is 0 Å². The molecule has 0 saturated heterocycles. The van der Waals surface area contributed by atoms with Gasteiger partial charge < -0.3 is 20.3 Å². The van der Waals surface area contributed by atoms with Gasteiger partial charge in [0.1, 0.15) is 0 Å². The summed E-state index contributed by atoms with van der Waals surface area (Å²) in [7, 11) is 0. The van der Waals surface area contributed by atoms with E-state index in [1.165, 1.54) is 0 Å². The lowest BCUT2D eigenvalue weighted by Crippen LogP contribution is -2.47. The molecule has 0 aromatic heterocycles. The van der Waals surface area contributed by atoms with Crippen molar-refractivity contribution in [2.75, 3.05) is 13.2 Å². The fraction of sp³-hybridized carbons (Fsp3) is 0.889. The molecular formula is C9H19NO4. The fourth-order valence-corrected chi connectivity index (χ4v) is 0.882. The summed E-state index contributed by atoms with van der Waals surface area (Å²) in [6.07, 6.45) is -1.08. The molecule has 0 unspecified atom stereocenters. The summed E-state index contributed by atoms with van der Waals surface area (Å²) in [4.78, 5) is 10.4. The molecule has 0 spiro atoms. The molecule has 1 amide bonds. The predicted octanol–water partition coefficient (Wildman–Crippen LogP) is 0.820. The first kappa shape index (κ1) is 13.2. The third-order valence-electron chi connectivity index (χ3n) is 1.36. The van der Waals surface area contributed by atoms with Crippen LogP contribution in [0.5, 0.6) is 0 Å². The minimum atomic E-state index is -1.08. The van der Waals surface area contributed by atoms with Gasteiger partial charge in [-0.15, -0.1) is 0 Å². The normalized spacial score (nSPS) is 12.6. The minimum Gasteiger partial charge on any atom is -0.465 e. The Morgan fingerprint density at radius 2 is 1.79 bits per heavy atom. The summed E-state index contributed by atoms with van der Waals surface area (Å²) in [5.41, 5.74) is -1.53. The molecule has 0 aromatic carbocycles. The quantitative estimate of drug-likeness (QED) is 0.621. The van der Waals surface area contributed by atoms with Gasteiger partial charge in [0.15, 0.2) is 0 Å². The van der Waals surface area contributed by atoms with Crippen molar-refractivity contribution in [3.63, 3.8) is 0 Å². The van der Waals surface area contributed by atoms with Crippen molar-refractivity contribution in [2.45, 2.75) is 38.8 Å². The molecule has 0 aliphatic carbocycles. The van der Waals surface area contributed by atoms with Crippen LogP contribution in [-0.2, 0) is 4.74 Å². The van der Waals surface area contributed by atoms with Crippen molar-refractivity contribution in [2.24, 2.45) is 0 Å². The lowest BCUT2D eigenvalue weighted by Gasteiger charge is -2.26. The van der Waals surface area contributed by atoms with Crippen LogP contribution in [0.15, 0.2) is 0 Å². The summed E-state index contributed by atoms with van der Waals surface area (Å²) in [5.74, 6) is 0. The van der Waals surface area contributed by atoms with Gasteiger partial charge >= 0.3 is 6.09 Å². The molecule has 84 valence electrons. The summed E-state index contributed by atoms with van der Waals surface area (Å²) in [6.45, 7) is 7.09. The molecule has 0 heterocycles. The molecule has 14 heavy (non-hydrogen) atoms. The Labute approximate surface area is 84.1 Å². The molecule has 0 saturated carbocycles. The highest BCUT2D eigenvalue weighted by molar-refractivity contribution is 5.65. The second kappa shape index (κ2) is 4.61. The van der Waals surface area contributed by atoms with Gasteiger partial charge in [0, 0.05) is 0 Å². The molecule has 3 N–H and O–H groups in total. The van der Waals surface area contributed by atoms with E-state index in [2.05, 4.69) is 5.32 Å². The van der Waals surface area contributed by atoms with Gasteiger partial charge in [-0.3, -0.25) is 0 Å². The van der Waals surface area contributed by atoms with Crippen LogP contribution in [0.3, 0.4) is 0 Å². The SMILES string of the molecule is CC(C)(O)COCC(C)(C)NC(=O)O. The van der Waals surface area contributed by atoms with Crippen LogP contribution in [-0.4, -0.2) is 40.7 Å². The van der Waals surface area contributed by atoms with Crippen molar-refractivity contribution in [1.29, 1.82) is 0 Å². The average molecular weight is 205 g/mol. The van der Waals surface area contributed by atoms with Gasteiger partial charge in [0.05, 0.1) is 24.4 Å². The fourth-order valence-electron chi connectivity index (χ4n) is 0.882. The Morgan fingerprint density at radius 1 is 1.29 bits per heavy atom. The first-order valence-corrected chi connectivity index (χ1v) is 4.44. The molecule has 0 aromatic rings. The number of carboxylic acid groups (broad SMARTS) is 1. The zero-order chi connectivity index (χ0) is 11.4. The highest BCUT2D eigenvalue weighted by Crippen LogP contribution is 2.06. The Kier molecular flexibility index (Phi) is 4.35. The van der Waals surface area contributed by atoms with Crippen molar-refractivity contribution in [3.8, 4) is 0 Å². The number of nitrogens with one attached hydrogen (secondary N) is 1. The zero-order valence-electron chi connectivity index (χ0n) is 9.13. The summed E-state index contributed by atoms with van der Waals surface area (Å²) in [5, 5.41) is 20.1. The van der Waals surface area contributed by atoms with Gasteiger partial charge in [-0.1, -0.05) is 0 Å². The Bertz CT molecular complexity index is 195. The van der Waals surface area contributed by atoms with Gasteiger partial charge in [0.25, 0.3) is 0 Å². The average Bonchev–Trinajstić information content (AvgIpc) is 1.78. The van der Waals surface area contributed by atoms with Crippen LogP contribution in [0.1, 0.15) is 27.7 Å². The lowest BCUT2D eigenvalue weighted by molar-refractivity contribution is -0.0338. The topological polar surface area (TPSA) is 78.8 Å². The van der Waals surface area contributed by atoms with E-state index in [0.29, 0.717) is 0 Å². The maximum Gasteiger partial charge on any atom is 0.405 e. The molecule has 5 heteroatoms. The molecule has 0 radical (unpaired) electrons. The van der Waals surface area contributed by atoms with E-state index in [9.17, 15) is 9.90 Å². The molecule has 0 bridgehead atoms. The smallest absolute Gasteiger partial charge is 0.405 e. The number of amides is 1. The van der Waals surface area contributed by atoms with E-state index in [4.69, 9.17) is 9.84 Å². The first-order valence-electron chi connectivity index (χ1n) is 4.44. The standard InChI is InChI=1S/C9H19NO4/c1-8(2,10-7(11)12)5-14-6-9(3,4)13/h10,13H,5-6H2,1-4H3,(H,11,12). The van der Waals surface area contributed by atoms with Gasteiger partial charge in [-0.25, -0.2) is 4.79 Å². The number of carbonyl (C=O) groups is 1. The summed E-state index contributed by atoms with van der Waals surface area (Å²) >= 11 is 0. The van der Waals surface area contributed by atoms with E-state index in [0.717, 1.165) is 0 Å². The van der Waals surface area contributed by atoms with Crippen LogP contribution < -0.4 is 5.32 Å². The van der Waals surface area contributed by atoms with Crippen molar-refractivity contribution in [3.05, 3.63) is 0 Å². The Hall–Kier alpha value is -0.810. The van der Waals surface area contributed by atoms with Gasteiger partial charge in [0.2, 0.25) is 0 Å². The van der Waals surface area contributed by atoms with Crippen LogP contribution >= 0.6 is 0 Å². The number of rotatable bonds is 5. The molecule has 0 fully saturated rings. The molecular weight excluding hydrogens is 186 g/mol. The van der Waals surface area contributed by atoms with E-state index < -0.39 is 17.2 Å². The van der Waals surface area contributed by atoms with Crippen LogP contribution in [0.25, 0.3) is 0 Å². The highest BCUT2D eigenvalue weighted by Gasteiger charge is 2.22. The zero-order valence-corrected chi connectivity index (χ0v) is 9.13. The summed E-state index contributed by atoms with van der Waals surface area (Å²) < 4.78 is 5.19. The van der Waals surface area contributed by atoms with Crippen LogP contribution in [0.4, 0.5) is 4.79 Å². The maximum atomic E-state index is 10.4.